The summed E-state index contributed by atoms with van der Waals surface area (Å²) in [5.74, 6) is -0.346. The van der Waals surface area contributed by atoms with Gasteiger partial charge >= 0.3 is 0 Å². The summed E-state index contributed by atoms with van der Waals surface area (Å²) < 4.78 is 0. The maximum absolute atomic E-state index is 13.4. The third-order valence-corrected chi connectivity index (χ3v) is 5.90. The molecule has 5 rings (SSSR count). The fourth-order valence-corrected chi connectivity index (χ4v) is 4.52. The second kappa shape index (κ2) is 8.19. The number of para-hydroxylation sites is 1. The fourth-order valence-electron chi connectivity index (χ4n) is 4.52. The molecule has 0 fully saturated rings. The first-order valence-corrected chi connectivity index (χ1v) is 10.6. The zero-order valence-electron chi connectivity index (χ0n) is 17.5. The Hall–Kier alpha value is -4.12. The van der Waals surface area contributed by atoms with Crippen LogP contribution in [0.4, 0.5) is 0 Å². The minimum absolute atomic E-state index is 0.0280. The Morgan fingerprint density at radius 2 is 1.72 bits per heavy atom. The van der Waals surface area contributed by atoms with Crippen molar-refractivity contribution in [3.8, 4) is 11.3 Å². The van der Waals surface area contributed by atoms with Gasteiger partial charge < -0.3 is 15.2 Å². The molecule has 0 bridgehead atoms. The van der Waals surface area contributed by atoms with Crippen LogP contribution in [0.15, 0.2) is 91.5 Å². The molecule has 1 aliphatic heterocycles. The van der Waals surface area contributed by atoms with E-state index in [-0.39, 0.29) is 24.4 Å². The Morgan fingerprint density at radius 1 is 1.00 bits per heavy atom. The molecule has 0 saturated heterocycles. The molecular formula is C27H23N3O2. The van der Waals surface area contributed by atoms with E-state index in [1.165, 1.54) is 0 Å². The number of hydrogen-bond donors (Lipinski definition) is 2. The highest BCUT2D eigenvalue weighted by Crippen LogP contribution is 2.45. The number of aromatic amines is 1. The van der Waals surface area contributed by atoms with Gasteiger partial charge in [0.15, 0.2) is 0 Å². The molecule has 0 spiro atoms. The smallest absolute Gasteiger partial charge is 0.255 e. The summed E-state index contributed by atoms with van der Waals surface area (Å²) in [5, 5.41) is 3.84. The molecule has 2 N–H and O–H groups in total. The minimum atomic E-state index is -0.375. The summed E-state index contributed by atoms with van der Waals surface area (Å²) in [4.78, 5) is 31.3. The predicted octanol–water partition coefficient (Wildman–Crippen LogP) is 4.68. The lowest BCUT2D eigenvalue weighted by atomic mass is 9.93. The zero-order chi connectivity index (χ0) is 22.1. The number of aromatic nitrogens is 1. The van der Waals surface area contributed by atoms with Crippen molar-refractivity contribution in [3.63, 3.8) is 0 Å². The van der Waals surface area contributed by atoms with Gasteiger partial charge in [0.25, 0.3) is 5.91 Å². The van der Waals surface area contributed by atoms with E-state index in [1.807, 2.05) is 60.7 Å². The summed E-state index contributed by atoms with van der Waals surface area (Å²) in [6.07, 6.45) is 1.63. The van der Waals surface area contributed by atoms with Crippen LogP contribution in [0.25, 0.3) is 22.2 Å². The molecule has 5 heteroatoms. The molecule has 1 aliphatic rings. The second-order valence-electron chi connectivity index (χ2n) is 7.84. The van der Waals surface area contributed by atoms with Crippen molar-refractivity contribution in [2.45, 2.75) is 6.04 Å². The van der Waals surface area contributed by atoms with Gasteiger partial charge in [-0.2, -0.15) is 0 Å². The van der Waals surface area contributed by atoms with E-state index in [2.05, 4.69) is 35.1 Å². The highest BCUT2D eigenvalue weighted by molar-refractivity contribution is 6.03. The first-order valence-electron chi connectivity index (χ1n) is 10.6. The number of rotatable bonds is 6. The van der Waals surface area contributed by atoms with Crippen molar-refractivity contribution in [3.05, 3.63) is 108 Å². The van der Waals surface area contributed by atoms with E-state index in [9.17, 15) is 9.59 Å². The first-order chi connectivity index (χ1) is 15.7. The van der Waals surface area contributed by atoms with Gasteiger partial charge in [0, 0.05) is 28.6 Å². The van der Waals surface area contributed by atoms with Crippen LogP contribution in [-0.2, 0) is 4.79 Å². The van der Waals surface area contributed by atoms with Gasteiger partial charge in [-0.25, -0.2) is 0 Å². The lowest BCUT2D eigenvalue weighted by Crippen LogP contribution is -2.39. The molecule has 0 radical (unpaired) electrons. The van der Waals surface area contributed by atoms with E-state index in [4.69, 9.17) is 0 Å². The quantitative estimate of drug-likeness (QED) is 0.444. The SMILES string of the molecule is C=CCNC(=O)CN1C(=O)c2ccccc2[C@H]1c1c(-c2ccccc2)[nH]c2ccccc12. The topological polar surface area (TPSA) is 65.2 Å². The predicted molar refractivity (Wildman–Crippen MR) is 126 cm³/mol. The Morgan fingerprint density at radius 3 is 2.53 bits per heavy atom. The van der Waals surface area contributed by atoms with E-state index in [0.717, 1.165) is 33.3 Å². The second-order valence-corrected chi connectivity index (χ2v) is 7.84. The van der Waals surface area contributed by atoms with Gasteiger partial charge in [0.2, 0.25) is 5.91 Å². The van der Waals surface area contributed by atoms with Crippen LogP contribution in [0.2, 0.25) is 0 Å². The number of hydrogen-bond acceptors (Lipinski definition) is 2. The average Bonchev–Trinajstić information content (AvgIpc) is 3.34. The molecule has 2 amide bonds. The van der Waals surface area contributed by atoms with Crippen molar-refractivity contribution in [2.75, 3.05) is 13.1 Å². The van der Waals surface area contributed by atoms with Gasteiger partial charge in [-0.3, -0.25) is 9.59 Å². The van der Waals surface area contributed by atoms with Crippen molar-refractivity contribution in [1.82, 2.24) is 15.2 Å². The highest BCUT2D eigenvalue weighted by atomic mass is 16.2. The molecule has 158 valence electrons. The van der Waals surface area contributed by atoms with E-state index < -0.39 is 0 Å². The third-order valence-electron chi connectivity index (χ3n) is 5.90. The summed E-state index contributed by atoms with van der Waals surface area (Å²) in [5.41, 5.74) is 5.54. The maximum Gasteiger partial charge on any atom is 0.255 e. The zero-order valence-corrected chi connectivity index (χ0v) is 17.5. The number of nitrogens with one attached hydrogen (secondary N) is 2. The molecule has 3 aromatic carbocycles. The van der Waals surface area contributed by atoms with E-state index >= 15 is 0 Å². The first kappa shape index (κ1) is 19.8. The largest absolute Gasteiger partial charge is 0.354 e. The molecule has 0 aliphatic carbocycles. The maximum atomic E-state index is 13.4. The van der Waals surface area contributed by atoms with Crippen LogP contribution in [-0.4, -0.2) is 34.8 Å². The third kappa shape index (κ3) is 3.28. The summed E-state index contributed by atoms with van der Waals surface area (Å²) in [7, 11) is 0. The van der Waals surface area contributed by atoms with Crippen LogP contribution in [0.5, 0.6) is 0 Å². The normalized spacial score (nSPS) is 15.1. The molecule has 0 unspecified atom stereocenters. The van der Waals surface area contributed by atoms with Gasteiger partial charge in [0.05, 0.1) is 11.7 Å². The van der Waals surface area contributed by atoms with Crippen LogP contribution >= 0.6 is 0 Å². The molecule has 5 nitrogen and oxygen atoms in total. The van der Waals surface area contributed by atoms with Crippen molar-refractivity contribution < 1.29 is 9.59 Å². The summed E-state index contributed by atoms with van der Waals surface area (Å²) in [6.45, 7) is 3.98. The van der Waals surface area contributed by atoms with Crippen molar-refractivity contribution in [2.24, 2.45) is 0 Å². The average molecular weight is 422 g/mol. The molecule has 0 saturated carbocycles. The molecular weight excluding hydrogens is 398 g/mol. The number of carbonyl (C=O) groups excluding carboxylic acids is 2. The highest BCUT2D eigenvalue weighted by Gasteiger charge is 2.40. The van der Waals surface area contributed by atoms with Crippen molar-refractivity contribution >= 4 is 22.7 Å². The Kier molecular flexibility index (Phi) is 5.07. The molecule has 1 atom stereocenters. The monoisotopic (exact) mass is 421 g/mol. The number of nitrogens with zero attached hydrogens (tertiary/aromatic N) is 1. The van der Waals surface area contributed by atoms with Crippen LogP contribution in [0, 0.1) is 0 Å². The van der Waals surface area contributed by atoms with Crippen LogP contribution in [0.3, 0.4) is 0 Å². The van der Waals surface area contributed by atoms with Crippen LogP contribution in [0.1, 0.15) is 27.5 Å². The van der Waals surface area contributed by atoms with Gasteiger partial charge in [-0.1, -0.05) is 72.8 Å². The van der Waals surface area contributed by atoms with Crippen LogP contribution < -0.4 is 5.32 Å². The molecule has 2 heterocycles. The van der Waals surface area contributed by atoms with Gasteiger partial charge in [0.1, 0.15) is 6.54 Å². The fraction of sp³-hybridized carbons (Fsp3) is 0.111. The Bertz CT molecular complexity index is 1320. The summed E-state index contributed by atoms with van der Waals surface area (Å²) in [6, 6.07) is 25.4. The number of amides is 2. The minimum Gasteiger partial charge on any atom is -0.354 e. The number of fused-ring (bicyclic) bond motifs is 2. The number of H-pyrrole nitrogens is 1. The van der Waals surface area contributed by atoms with Gasteiger partial charge in [-0.15, -0.1) is 6.58 Å². The molecule has 32 heavy (non-hydrogen) atoms. The lowest BCUT2D eigenvalue weighted by molar-refractivity contribution is -0.121. The number of carbonyl (C=O) groups is 2. The summed E-state index contributed by atoms with van der Waals surface area (Å²) >= 11 is 0. The van der Waals surface area contributed by atoms with E-state index in [0.29, 0.717) is 12.1 Å². The van der Waals surface area contributed by atoms with Crippen molar-refractivity contribution in [1.29, 1.82) is 0 Å². The lowest BCUT2D eigenvalue weighted by Gasteiger charge is -2.26. The molecule has 1 aromatic heterocycles. The Balaban J connectivity index is 1.71. The van der Waals surface area contributed by atoms with E-state index in [1.54, 1.807) is 11.0 Å². The standard InChI is InChI=1S/C27H23N3O2/c1-2-16-28-23(31)17-30-26(19-12-6-7-13-20(19)27(30)32)24-21-14-8-9-15-22(21)29-25(24)18-10-4-3-5-11-18/h2-15,26,29H,1,16-17H2,(H,28,31)/t26-/m0/s1. The van der Waals surface area contributed by atoms with Gasteiger partial charge in [-0.05, 0) is 23.3 Å². The number of benzene rings is 3. The Labute approximate surface area is 186 Å². The molecule has 4 aromatic rings.